The molecule has 0 bridgehead atoms. The molecule has 1 radical (unpaired) electrons. The van der Waals surface area contributed by atoms with E-state index < -0.39 is 7.60 Å². The molecule has 0 atom stereocenters. The van der Waals surface area contributed by atoms with Crippen LogP contribution in [-0.4, -0.2) is 9.79 Å². The Hall–Kier alpha value is -0.370. The van der Waals surface area contributed by atoms with Gasteiger partial charge in [-0.25, -0.2) is 0 Å². The van der Waals surface area contributed by atoms with Gasteiger partial charge in [0.25, 0.3) is 0 Å². The van der Waals surface area contributed by atoms with E-state index in [2.05, 4.69) is 6.58 Å². The fraction of sp³-hybridized carbons (Fsp3) is 0. The lowest BCUT2D eigenvalue weighted by Gasteiger charge is -1.98. The van der Waals surface area contributed by atoms with E-state index in [0.717, 1.165) is 6.08 Å². The van der Waals surface area contributed by atoms with Gasteiger partial charge in [0.2, 0.25) is 0 Å². The highest BCUT2D eigenvalue weighted by atomic mass is 31.2. The van der Waals surface area contributed by atoms with E-state index in [1.165, 1.54) is 0 Å². The molecule has 0 saturated heterocycles. The van der Waals surface area contributed by atoms with Crippen molar-refractivity contribution in [1.82, 2.24) is 0 Å². The fourth-order valence-corrected chi connectivity index (χ4v) is 0.291. The molecule has 0 aromatic rings. The molecule has 0 aliphatic carbocycles. The molecular formula is C4H6O3P. The molecule has 0 aliphatic rings. The van der Waals surface area contributed by atoms with Gasteiger partial charge < -0.3 is 9.79 Å². The Morgan fingerprint density at radius 1 is 1.75 bits per heavy atom. The van der Waals surface area contributed by atoms with Crippen molar-refractivity contribution in [2.24, 2.45) is 0 Å². The van der Waals surface area contributed by atoms with Crippen LogP contribution < -0.4 is 0 Å². The van der Waals surface area contributed by atoms with Gasteiger partial charge in [-0.2, -0.15) is 0 Å². The highest BCUT2D eigenvalue weighted by Crippen LogP contribution is 2.43. The minimum Gasteiger partial charge on any atom is -0.321 e. The average Bonchev–Trinajstić information content (AvgIpc) is 1.62. The van der Waals surface area contributed by atoms with Crippen LogP contribution in [-0.2, 0) is 4.57 Å². The topological polar surface area (TPSA) is 57.5 Å². The Balaban J connectivity index is 4.26. The predicted molar refractivity (Wildman–Crippen MR) is 30.1 cm³/mol. The molecule has 4 heteroatoms. The SMILES string of the molecule is [CH]=CC(=C)P(=O)(O)O. The first kappa shape index (κ1) is 7.63. The number of hydrogen-bond acceptors (Lipinski definition) is 1. The monoisotopic (exact) mass is 133 g/mol. The third kappa shape index (κ3) is 2.07. The first-order valence-corrected chi connectivity index (χ1v) is 3.39. The van der Waals surface area contributed by atoms with Gasteiger partial charge >= 0.3 is 7.60 Å². The largest absolute Gasteiger partial charge is 0.355 e. The lowest BCUT2D eigenvalue weighted by molar-refractivity contribution is 0.383. The molecule has 0 saturated carbocycles. The van der Waals surface area contributed by atoms with Crippen molar-refractivity contribution in [2.75, 3.05) is 0 Å². The highest BCUT2D eigenvalue weighted by molar-refractivity contribution is 7.56. The maximum atomic E-state index is 10.0. The zero-order valence-electron chi connectivity index (χ0n) is 4.11. The zero-order chi connectivity index (χ0) is 6.78. The third-order valence-electron chi connectivity index (χ3n) is 0.567. The molecule has 0 rings (SSSR count). The zero-order valence-corrected chi connectivity index (χ0v) is 5.01. The van der Waals surface area contributed by atoms with Gasteiger partial charge in [-0.05, 0) is 6.08 Å². The van der Waals surface area contributed by atoms with Crippen molar-refractivity contribution in [3.8, 4) is 0 Å². The van der Waals surface area contributed by atoms with Crippen LogP contribution in [0.3, 0.4) is 0 Å². The smallest absolute Gasteiger partial charge is 0.321 e. The number of allylic oxidation sites excluding steroid dienone is 2. The van der Waals surface area contributed by atoms with Crippen molar-refractivity contribution >= 4 is 7.60 Å². The van der Waals surface area contributed by atoms with Crippen LogP contribution >= 0.6 is 7.60 Å². The molecule has 0 spiro atoms. The van der Waals surface area contributed by atoms with Crippen LogP contribution in [0.5, 0.6) is 0 Å². The van der Waals surface area contributed by atoms with Crippen molar-refractivity contribution < 1.29 is 14.4 Å². The van der Waals surface area contributed by atoms with Gasteiger partial charge in [0.1, 0.15) is 0 Å². The van der Waals surface area contributed by atoms with E-state index in [4.69, 9.17) is 16.4 Å². The van der Waals surface area contributed by atoms with Crippen LogP contribution in [0.25, 0.3) is 0 Å². The molecule has 3 nitrogen and oxygen atoms in total. The van der Waals surface area contributed by atoms with E-state index in [9.17, 15) is 4.57 Å². The van der Waals surface area contributed by atoms with E-state index in [0.29, 0.717) is 0 Å². The molecule has 0 amide bonds. The second-order valence-electron chi connectivity index (χ2n) is 1.20. The summed E-state index contributed by atoms with van der Waals surface area (Å²) in [6.45, 7) is 7.74. The van der Waals surface area contributed by atoms with E-state index in [1.807, 2.05) is 0 Å². The molecule has 0 aromatic heterocycles. The van der Waals surface area contributed by atoms with Crippen LogP contribution in [0.1, 0.15) is 0 Å². The summed E-state index contributed by atoms with van der Waals surface area (Å²) in [6.07, 6.45) is 0.792. The molecule has 0 aromatic carbocycles. The second kappa shape index (κ2) is 2.27. The summed E-state index contributed by atoms with van der Waals surface area (Å²) in [5.74, 6) is 0. The lowest BCUT2D eigenvalue weighted by atomic mass is 10.6. The quantitative estimate of drug-likeness (QED) is 0.430. The van der Waals surface area contributed by atoms with Crippen LogP contribution in [0.4, 0.5) is 0 Å². The van der Waals surface area contributed by atoms with Gasteiger partial charge in [0.05, 0.1) is 5.31 Å². The first-order valence-electron chi connectivity index (χ1n) is 1.78. The molecule has 0 heterocycles. The first-order chi connectivity index (χ1) is 3.48. The van der Waals surface area contributed by atoms with Crippen LogP contribution in [0, 0.1) is 6.58 Å². The third-order valence-corrected chi connectivity index (χ3v) is 1.46. The van der Waals surface area contributed by atoms with Gasteiger partial charge in [0, 0.05) is 0 Å². The second-order valence-corrected chi connectivity index (χ2v) is 2.86. The molecular weight excluding hydrogens is 127 g/mol. The fourth-order valence-electron chi connectivity index (χ4n) is 0.0971. The Bertz CT molecular complexity index is 155. The predicted octanol–water partition coefficient (Wildman–Crippen LogP) is 0.667. The summed E-state index contributed by atoms with van der Waals surface area (Å²) in [5, 5.41) is -0.350. The Morgan fingerprint density at radius 2 is 2.12 bits per heavy atom. The molecule has 45 valence electrons. The average molecular weight is 133 g/mol. The minimum atomic E-state index is -4.13. The molecule has 2 N–H and O–H groups in total. The Morgan fingerprint density at radius 3 is 2.12 bits per heavy atom. The van der Waals surface area contributed by atoms with Crippen LogP contribution in [0.2, 0.25) is 0 Å². The summed E-state index contributed by atoms with van der Waals surface area (Å²) in [6, 6.07) is 0. The minimum absolute atomic E-state index is 0.350. The van der Waals surface area contributed by atoms with Gasteiger partial charge in [-0.15, -0.1) is 0 Å². The Labute approximate surface area is 47.5 Å². The van der Waals surface area contributed by atoms with Crippen molar-refractivity contribution in [3.05, 3.63) is 24.5 Å². The maximum Gasteiger partial charge on any atom is 0.355 e. The van der Waals surface area contributed by atoms with Crippen molar-refractivity contribution in [2.45, 2.75) is 0 Å². The summed E-state index contributed by atoms with van der Waals surface area (Å²) in [7, 11) is -4.13. The van der Waals surface area contributed by atoms with Crippen LogP contribution in [0.15, 0.2) is 18.0 Å². The highest BCUT2D eigenvalue weighted by Gasteiger charge is 2.13. The van der Waals surface area contributed by atoms with Gasteiger partial charge in [-0.1, -0.05) is 13.2 Å². The molecule has 0 aliphatic heterocycles. The van der Waals surface area contributed by atoms with Crippen molar-refractivity contribution in [3.63, 3.8) is 0 Å². The standard InChI is InChI=1S/C4H6O3P/c1-3-4(2)8(5,6)7/h1,3H,2H2,(H2,5,6,7). The van der Waals surface area contributed by atoms with E-state index in [1.54, 1.807) is 0 Å². The summed E-state index contributed by atoms with van der Waals surface area (Å²) in [5.41, 5.74) is 0. The summed E-state index contributed by atoms with van der Waals surface area (Å²) in [4.78, 5) is 16.4. The van der Waals surface area contributed by atoms with E-state index in [-0.39, 0.29) is 5.31 Å². The lowest BCUT2D eigenvalue weighted by Crippen LogP contribution is -1.76. The Kier molecular flexibility index (Phi) is 2.16. The summed E-state index contributed by atoms with van der Waals surface area (Å²) >= 11 is 0. The molecule has 0 fully saturated rings. The summed E-state index contributed by atoms with van der Waals surface area (Å²) < 4.78 is 10.0. The molecule has 8 heavy (non-hydrogen) atoms. The van der Waals surface area contributed by atoms with E-state index >= 15 is 0 Å². The number of rotatable bonds is 2. The molecule has 0 unspecified atom stereocenters. The van der Waals surface area contributed by atoms with Gasteiger partial charge in [-0.3, -0.25) is 4.57 Å². The normalized spacial score (nSPS) is 10.8. The van der Waals surface area contributed by atoms with Gasteiger partial charge in [0.15, 0.2) is 0 Å². The maximum absolute atomic E-state index is 10.0. The number of hydrogen-bond donors (Lipinski definition) is 2. The van der Waals surface area contributed by atoms with Crippen molar-refractivity contribution in [1.29, 1.82) is 0 Å².